The van der Waals surface area contributed by atoms with E-state index in [9.17, 15) is 0 Å². The molecule has 0 aromatic carbocycles. The number of hydrogen-bond donors (Lipinski definition) is 1. The van der Waals surface area contributed by atoms with Gasteiger partial charge in [0.2, 0.25) is 0 Å². The van der Waals surface area contributed by atoms with Crippen LogP contribution < -0.4 is 5.32 Å². The molecule has 0 aliphatic rings. The summed E-state index contributed by atoms with van der Waals surface area (Å²) in [7, 11) is 1.98. The normalized spacial score (nSPS) is 11.1. The molecule has 1 N–H and O–H groups in total. The van der Waals surface area contributed by atoms with Gasteiger partial charge in [0.1, 0.15) is 0 Å². The van der Waals surface area contributed by atoms with Crippen LogP contribution in [0.1, 0.15) is 33.5 Å². The molecule has 0 aliphatic carbocycles. The zero-order valence-corrected chi connectivity index (χ0v) is 12.4. The minimum atomic E-state index is 0.894. The second-order valence-electron chi connectivity index (χ2n) is 4.67. The maximum Gasteiger partial charge on any atom is 0.0666 e. The van der Waals surface area contributed by atoms with Crippen LogP contribution in [0.3, 0.4) is 0 Å². The number of aryl methyl sites for hydroxylation is 4. The minimum absolute atomic E-state index is 0.894. The molecule has 98 valence electrons. The smallest absolute Gasteiger partial charge is 0.0666 e. The van der Waals surface area contributed by atoms with E-state index in [4.69, 9.17) is 0 Å². The van der Waals surface area contributed by atoms with Crippen molar-refractivity contribution in [2.24, 2.45) is 7.05 Å². The third kappa shape index (κ3) is 3.00. The molecule has 2 aromatic heterocycles. The van der Waals surface area contributed by atoms with Crippen LogP contribution in [0.4, 0.5) is 0 Å². The van der Waals surface area contributed by atoms with E-state index in [1.54, 1.807) is 0 Å². The van der Waals surface area contributed by atoms with E-state index in [-0.39, 0.29) is 0 Å². The topological polar surface area (TPSA) is 29.9 Å². The van der Waals surface area contributed by atoms with Crippen LogP contribution in [0.15, 0.2) is 12.3 Å². The van der Waals surface area contributed by atoms with Gasteiger partial charge >= 0.3 is 0 Å². The molecule has 0 saturated heterocycles. The van der Waals surface area contributed by atoms with Crippen LogP contribution in [-0.2, 0) is 26.6 Å². The fraction of sp³-hybridized carbons (Fsp3) is 0.500. The summed E-state index contributed by atoms with van der Waals surface area (Å²) in [6.45, 7) is 8.34. The Morgan fingerprint density at radius 3 is 2.61 bits per heavy atom. The molecule has 0 fully saturated rings. The molecule has 0 atom stereocenters. The van der Waals surface area contributed by atoms with Gasteiger partial charge in [0.25, 0.3) is 0 Å². The van der Waals surface area contributed by atoms with E-state index >= 15 is 0 Å². The molecule has 0 unspecified atom stereocenters. The Morgan fingerprint density at radius 2 is 2.00 bits per heavy atom. The maximum atomic E-state index is 4.46. The average Bonchev–Trinajstić information content (AvgIpc) is 2.82. The Labute approximate surface area is 113 Å². The number of thiophene rings is 1. The van der Waals surface area contributed by atoms with Gasteiger partial charge in [-0.1, -0.05) is 6.92 Å². The van der Waals surface area contributed by atoms with Gasteiger partial charge in [0, 0.05) is 41.7 Å². The SMILES string of the molecule is CCc1nn(C)cc1CNCc1cc(C)sc1C. The third-order valence-corrected chi connectivity index (χ3v) is 4.11. The Balaban J connectivity index is 1.94. The first-order chi connectivity index (χ1) is 8.60. The Hall–Kier alpha value is -1.13. The van der Waals surface area contributed by atoms with Crippen LogP contribution in [0.5, 0.6) is 0 Å². The summed E-state index contributed by atoms with van der Waals surface area (Å²) >= 11 is 1.87. The molecule has 3 nitrogen and oxygen atoms in total. The lowest BCUT2D eigenvalue weighted by molar-refractivity contribution is 0.687. The highest BCUT2D eigenvalue weighted by Crippen LogP contribution is 2.20. The van der Waals surface area contributed by atoms with Crippen LogP contribution in [0, 0.1) is 13.8 Å². The summed E-state index contributed by atoms with van der Waals surface area (Å²) < 4.78 is 1.90. The van der Waals surface area contributed by atoms with Crippen molar-refractivity contribution < 1.29 is 0 Å². The highest BCUT2D eigenvalue weighted by atomic mass is 32.1. The highest BCUT2D eigenvalue weighted by Gasteiger charge is 2.06. The number of nitrogens with zero attached hydrogens (tertiary/aromatic N) is 2. The van der Waals surface area contributed by atoms with Crippen molar-refractivity contribution >= 4 is 11.3 Å². The van der Waals surface area contributed by atoms with Gasteiger partial charge in [-0.3, -0.25) is 4.68 Å². The molecule has 0 aliphatic heterocycles. The molecular weight excluding hydrogens is 242 g/mol. The van der Waals surface area contributed by atoms with E-state index in [1.807, 2.05) is 23.1 Å². The number of aromatic nitrogens is 2. The maximum absolute atomic E-state index is 4.46. The van der Waals surface area contributed by atoms with Crippen molar-refractivity contribution in [2.75, 3.05) is 0 Å². The van der Waals surface area contributed by atoms with Crippen molar-refractivity contribution in [3.63, 3.8) is 0 Å². The van der Waals surface area contributed by atoms with Gasteiger partial charge < -0.3 is 5.32 Å². The summed E-state index contributed by atoms with van der Waals surface area (Å²) in [5, 5.41) is 7.97. The first-order valence-electron chi connectivity index (χ1n) is 6.38. The van der Waals surface area contributed by atoms with E-state index in [0.29, 0.717) is 0 Å². The summed E-state index contributed by atoms with van der Waals surface area (Å²) in [6, 6.07) is 2.27. The van der Waals surface area contributed by atoms with Crippen LogP contribution in [0.25, 0.3) is 0 Å². The van der Waals surface area contributed by atoms with Crippen molar-refractivity contribution in [1.82, 2.24) is 15.1 Å². The van der Waals surface area contributed by atoms with Crippen LogP contribution in [-0.4, -0.2) is 9.78 Å². The molecule has 2 rings (SSSR count). The van der Waals surface area contributed by atoms with Crippen molar-refractivity contribution in [1.29, 1.82) is 0 Å². The van der Waals surface area contributed by atoms with E-state index in [1.165, 1.54) is 26.6 Å². The molecule has 0 radical (unpaired) electrons. The predicted molar refractivity (Wildman–Crippen MR) is 76.9 cm³/mol. The lowest BCUT2D eigenvalue weighted by atomic mass is 10.2. The summed E-state index contributed by atoms with van der Waals surface area (Å²) in [5.41, 5.74) is 3.92. The fourth-order valence-corrected chi connectivity index (χ4v) is 3.17. The minimum Gasteiger partial charge on any atom is -0.308 e. The van der Waals surface area contributed by atoms with Crippen molar-refractivity contribution in [3.8, 4) is 0 Å². The third-order valence-electron chi connectivity index (χ3n) is 3.10. The van der Waals surface area contributed by atoms with Gasteiger partial charge in [-0.05, 0) is 31.9 Å². The highest BCUT2D eigenvalue weighted by molar-refractivity contribution is 7.12. The van der Waals surface area contributed by atoms with Crippen LogP contribution in [0.2, 0.25) is 0 Å². The number of nitrogens with one attached hydrogen (secondary N) is 1. The molecule has 0 bridgehead atoms. The lowest BCUT2D eigenvalue weighted by Gasteiger charge is -2.04. The summed E-state index contributed by atoms with van der Waals surface area (Å²) in [4.78, 5) is 2.81. The standard InChI is InChI=1S/C14H21N3S/c1-5-14-13(9-17(4)16-14)8-15-7-12-6-10(2)18-11(12)3/h6,9,15H,5,7-8H2,1-4H3. The molecule has 2 heterocycles. The summed E-state index contributed by atoms with van der Waals surface area (Å²) in [5.74, 6) is 0. The van der Waals surface area contributed by atoms with Crippen molar-refractivity contribution in [3.05, 3.63) is 38.8 Å². The number of hydrogen-bond acceptors (Lipinski definition) is 3. The Morgan fingerprint density at radius 1 is 1.28 bits per heavy atom. The molecule has 2 aromatic rings. The second-order valence-corrected chi connectivity index (χ2v) is 6.13. The molecule has 0 saturated carbocycles. The first-order valence-corrected chi connectivity index (χ1v) is 7.19. The predicted octanol–water partition coefficient (Wildman–Crippen LogP) is 2.95. The number of rotatable bonds is 5. The Bertz CT molecular complexity index is 525. The monoisotopic (exact) mass is 263 g/mol. The van der Waals surface area contributed by atoms with E-state index < -0.39 is 0 Å². The van der Waals surface area contributed by atoms with Gasteiger partial charge in [-0.2, -0.15) is 5.10 Å². The quantitative estimate of drug-likeness (QED) is 0.899. The first kappa shape index (κ1) is 13.3. The lowest BCUT2D eigenvalue weighted by Crippen LogP contribution is -2.13. The average molecular weight is 263 g/mol. The van der Waals surface area contributed by atoms with Gasteiger partial charge in [0.15, 0.2) is 0 Å². The van der Waals surface area contributed by atoms with Crippen molar-refractivity contribution in [2.45, 2.75) is 40.3 Å². The molecule has 4 heteroatoms. The van der Waals surface area contributed by atoms with Gasteiger partial charge in [-0.15, -0.1) is 11.3 Å². The fourth-order valence-electron chi connectivity index (χ4n) is 2.22. The zero-order valence-electron chi connectivity index (χ0n) is 11.6. The zero-order chi connectivity index (χ0) is 13.1. The molecule has 18 heavy (non-hydrogen) atoms. The molecule has 0 spiro atoms. The van der Waals surface area contributed by atoms with E-state index in [0.717, 1.165) is 19.5 Å². The van der Waals surface area contributed by atoms with Crippen LogP contribution >= 0.6 is 11.3 Å². The summed E-state index contributed by atoms with van der Waals surface area (Å²) in [6.07, 6.45) is 3.10. The van der Waals surface area contributed by atoms with Gasteiger partial charge in [0.05, 0.1) is 5.69 Å². The Kier molecular flexibility index (Phi) is 4.19. The van der Waals surface area contributed by atoms with E-state index in [2.05, 4.69) is 43.4 Å². The molecule has 0 amide bonds. The molecular formula is C14H21N3S. The van der Waals surface area contributed by atoms with Gasteiger partial charge in [-0.25, -0.2) is 0 Å². The largest absolute Gasteiger partial charge is 0.308 e. The second kappa shape index (κ2) is 5.67.